The van der Waals surface area contributed by atoms with Gasteiger partial charge in [-0.2, -0.15) is 0 Å². The molecule has 0 radical (unpaired) electrons. The van der Waals surface area contributed by atoms with Crippen LogP contribution in [0, 0.1) is 0 Å². The molecule has 0 aromatic heterocycles. The van der Waals surface area contributed by atoms with Gasteiger partial charge in [0.15, 0.2) is 0 Å². The summed E-state index contributed by atoms with van der Waals surface area (Å²) in [5.41, 5.74) is 22.5. The third-order valence-electron chi connectivity index (χ3n) is 4.31. The first-order chi connectivity index (χ1) is 14.3. The Morgan fingerprint density at radius 1 is 0.700 bits per heavy atom. The fourth-order valence-electron chi connectivity index (χ4n) is 2.57. The second-order valence-corrected chi connectivity index (χ2v) is 7.30. The van der Waals surface area contributed by atoms with Crippen molar-refractivity contribution in [3.63, 3.8) is 0 Å². The van der Waals surface area contributed by atoms with E-state index in [0.29, 0.717) is 39.0 Å². The molecule has 0 saturated heterocycles. The van der Waals surface area contributed by atoms with Gasteiger partial charge in [-0.1, -0.05) is 25.7 Å². The van der Waals surface area contributed by atoms with Crippen molar-refractivity contribution in [2.75, 3.05) is 26.2 Å². The van der Waals surface area contributed by atoms with E-state index in [1.165, 1.54) is 0 Å². The van der Waals surface area contributed by atoms with Gasteiger partial charge in [0.25, 0.3) is 5.97 Å². The summed E-state index contributed by atoms with van der Waals surface area (Å²) >= 11 is 0. The third kappa shape index (κ3) is 22.5. The van der Waals surface area contributed by atoms with Crippen LogP contribution < -0.4 is 33.6 Å². The molecule has 2 atom stereocenters. The van der Waals surface area contributed by atoms with Crippen LogP contribution in [0.1, 0.15) is 71.1 Å². The normalized spacial score (nSPS) is 12.3. The second-order valence-electron chi connectivity index (χ2n) is 7.30. The molecule has 0 aliphatic rings. The summed E-state index contributed by atoms with van der Waals surface area (Å²) in [6.07, 6.45) is 8.74. The van der Waals surface area contributed by atoms with Crippen LogP contribution >= 0.6 is 0 Å². The van der Waals surface area contributed by atoms with Crippen molar-refractivity contribution in [1.82, 2.24) is 10.6 Å². The number of hydrogen-bond acceptors (Lipinski definition) is 7. The van der Waals surface area contributed by atoms with Gasteiger partial charge in [0.1, 0.15) is 0 Å². The molecule has 0 fully saturated rings. The van der Waals surface area contributed by atoms with Crippen LogP contribution in [0.15, 0.2) is 0 Å². The fraction of sp³-hybridized carbons (Fsp3) is 0.850. The van der Waals surface area contributed by atoms with Gasteiger partial charge in [-0.05, 0) is 51.6 Å². The Morgan fingerprint density at radius 2 is 1.03 bits per heavy atom. The number of carboxylic acids is 1. The number of carbonyl (C=O) groups excluding carboxylic acids is 2. The van der Waals surface area contributed by atoms with E-state index >= 15 is 0 Å². The highest BCUT2D eigenvalue weighted by molar-refractivity contribution is 5.81. The van der Waals surface area contributed by atoms with Crippen LogP contribution in [0.4, 0.5) is 0 Å². The molecule has 0 rings (SSSR count). The molecule has 11 N–H and O–H groups in total. The van der Waals surface area contributed by atoms with Gasteiger partial charge < -0.3 is 38.7 Å². The summed E-state index contributed by atoms with van der Waals surface area (Å²) in [4.78, 5) is 32.5. The van der Waals surface area contributed by atoms with E-state index in [-0.39, 0.29) is 11.8 Å². The first-order valence-electron chi connectivity index (χ1n) is 10.9. The van der Waals surface area contributed by atoms with Gasteiger partial charge >= 0.3 is 0 Å². The average Bonchev–Trinajstić information content (AvgIpc) is 2.69. The van der Waals surface area contributed by atoms with Gasteiger partial charge in [-0.3, -0.25) is 14.4 Å². The van der Waals surface area contributed by atoms with Gasteiger partial charge in [0.05, 0.1) is 12.1 Å². The van der Waals surface area contributed by atoms with Gasteiger partial charge in [0, 0.05) is 20.0 Å². The lowest BCUT2D eigenvalue weighted by Gasteiger charge is -2.12. The molecule has 0 aromatic rings. The molecule has 10 nitrogen and oxygen atoms in total. The van der Waals surface area contributed by atoms with Gasteiger partial charge in [0.2, 0.25) is 11.8 Å². The Bertz CT molecular complexity index is 413. The van der Waals surface area contributed by atoms with E-state index in [9.17, 15) is 9.59 Å². The molecule has 0 aliphatic heterocycles. The maximum Gasteiger partial charge on any atom is 0.300 e. The minimum atomic E-state index is -0.833. The smallest absolute Gasteiger partial charge is 0.300 e. The lowest BCUT2D eigenvalue weighted by Crippen LogP contribution is -2.41. The van der Waals surface area contributed by atoms with Crippen molar-refractivity contribution in [2.45, 2.75) is 83.2 Å². The standard InChI is InChI=1S/C18H40N6O2.C2H4O2/c19-11-5-3-9-15(21)17(25)23-13-7-1-2-8-14-24-18(26)16(22)10-4-6-12-20;1-2(3)4/h15-16H,1-14,19-22H2,(H,23,25)(H,24,26);1H3,(H,3,4). The number of rotatable bonds is 17. The first-order valence-corrected chi connectivity index (χ1v) is 10.9. The lowest BCUT2D eigenvalue weighted by atomic mass is 10.1. The SMILES string of the molecule is CC(=O)O.NCCCCC(N)C(=O)NCCCCCCNC(=O)C(N)CCCCN. The summed E-state index contributed by atoms with van der Waals surface area (Å²) in [6, 6.07) is -0.878. The van der Waals surface area contributed by atoms with Crippen LogP contribution in [0.3, 0.4) is 0 Å². The maximum absolute atomic E-state index is 11.8. The van der Waals surface area contributed by atoms with Crippen molar-refractivity contribution in [1.29, 1.82) is 0 Å². The number of nitrogens with one attached hydrogen (secondary N) is 2. The number of unbranched alkanes of at least 4 members (excludes halogenated alkanes) is 5. The summed E-state index contributed by atoms with van der Waals surface area (Å²) in [7, 11) is 0. The number of carboxylic acid groups (broad SMARTS) is 1. The molecular weight excluding hydrogens is 388 g/mol. The summed E-state index contributed by atoms with van der Waals surface area (Å²) in [5, 5.41) is 13.2. The molecule has 30 heavy (non-hydrogen) atoms. The Hall–Kier alpha value is -1.75. The zero-order chi connectivity index (χ0) is 23.2. The summed E-state index contributed by atoms with van der Waals surface area (Å²) in [6.45, 7) is 3.63. The predicted molar refractivity (Wildman–Crippen MR) is 120 cm³/mol. The zero-order valence-corrected chi connectivity index (χ0v) is 18.5. The molecular formula is C20H44N6O4. The van der Waals surface area contributed by atoms with E-state index in [4.69, 9.17) is 32.8 Å². The second kappa shape index (κ2) is 21.9. The van der Waals surface area contributed by atoms with E-state index < -0.39 is 18.1 Å². The summed E-state index contributed by atoms with van der Waals surface area (Å²) in [5.74, 6) is -1.00. The number of amides is 2. The number of aliphatic carboxylic acids is 1. The molecule has 0 bridgehead atoms. The van der Waals surface area contributed by atoms with Gasteiger partial charge in [-0.15, -0.1) is 0 Å². The average molecular weight is 433 g/mol. The zero-order valence-electron chi connectivity index (χ0n) is 18.5. The molecule has 178 valence electrons. The lowest BCUT2D eigenvalue weighted by molar-refractivity contribution is -0.134. The molecule has 0 aromatic carbocycles. The van der Waals surface area contributed by atoms with Crippen molar-refractivity contribution >= 4 is 17.8 Å². The van der Waals surface area contributed by atoms with Crippen LogP contribution in [0.5, 0.6) is 0 Å². The highest BCUT2D eigenvalue weighted by atomic mass is 16.4. The quantitative estimate of drug-likeness (QED) is 0.153. The number of hydrogen-bond donors (Lipinski definition) is 7. The van der Waals surface area contributed by atoms with Crippen molar-refractivity contribution in [3.05, 3.63) is 0 Å². The largest absolute Gasteiger partial charge is 0.481 e. The van der Waals surface area contributed by atoms with Crippen LogP contribution in [-0.2, 0) is 14.4 Å². The number of carbonyl (C=O) groups is 3. The minimum absolute atomic E-state index is 0.0853. The molecule has 0 spiro atoms. The van der Waals surface area contributed by atoms with Crippen LogP contribution in [0.25, 0.3) is 0 Å². The summed E-state index contributed by atoms with van der Waals surface area (Å²) < 4.78 is 0. The van der Waals surface area contributed by atoms with E-state index in [0.717, 1.165) is 58.3 Å². The number of nitrogens with two attached hydrogens (primary N) is 4. The highest BCUT2D eigenvalue weighted by Crippen LogP contribution is 2.01. The van der Waals surface area contributed by atoms with Crippen LogP contribution in [0.2, 0.25) is 0 Å². The molecule has 2 unspecified atom stereocenters. The van der Waals surface area contributed by atoms with Gasteiger partial charge in [-0.25, -0.2) is 0 Å². The van der Waals surface area contributed by atoms with Crippen molar-refractivity contribution < 1.29 is 19.5 Å². The van der Waals surface area contributed by atoms with E-state index in [1.54, 1.807) is 0 Å². The fourth-order valence-corrected chi connectivity index (χ4v) is 2.57. The van der Waals surface area contributed by atoms with Crippen LogP contribution in [-0.4, -0.2) is 61.2 Å². The minimum Gasteiger partial charge on any atom is -0.481 e. The molecule has 10 heteroatoms. The first kappa shape index (κ1) is 30.4. The Kier molecular flexibility index (Phi) is 22.3. The molecule has 2 amide bonds. The van der Waals surface area contributed by atoms with Crippen molar-refractivity contribution in [2.24, 2.45) is 22.9 Å². The Labute approximate surface area is 180 Å². The predicted octanol–water partition coefficient (Wildman–Crippen LogP) is -0.217. The van der Waals surface area contributed by atoms with E-state index in [2.05, 4.69) is 10.6 Å². The third-order valence-corrected chi connectivity index (χ3v) is 4.31. The topological polar surface area (TPSA) is 200 Å². The highest BCUT2D eigenvalue weighted by Gasteiger charge is 2.12. The van der Waals surface area contributed by atoms with Crippen molar-refractivity contribution in [3.8, 4) is 0 Å². The Morgan fingerprint density at radius 3 is 1.33 bits per heavy atom. The molecule has 0 aliphatic carbocycles. The molecule has 0 saturated carbocycles. The monoisotopic (exact) mass is 432 g/mol. The maximum atomic E-state index is 11.8. The molecule has 0 heterocycles. The Balaban J connectivity index is 0. The van der Waals surface area contributed by atoms with E-state index in [1.807, 2.05) is 0 Å².